The van der Waals surface area contributed by atoms with E-state index in [2.05, 4.69) is 6.58 Å². The van der Waals surface area contributed by atoms with Crippen LogP contribution in [0.3, 0.4) is 0 Å². The molecule has 1 nitrogen and oxygen atoms in total. The van der Waals surface area contributed by atoms with Crippen molar-refractivity contribution in [3.63, 3.8) is 0 Å². The molecule has 0 saturated heterocycles. The van der Waals surface area contributed by atoms with Gasteiger partial charge >= 0.3 is 46.9 Å². The van der Waals surface area contributed by atoms with E-state index in [1.807, 2.05) is 0 Å². The molecule has 0 spiro atoms. The number of hydrogen-bond donors (Lipinski definition) is 0. The van der Waals surface area contributed by atoms with Gasteiger partial charge in [0.05, 0.1) is 0 Å². The topological polar surface area (TPSA) is 9.23 Å². The molecule has 0 bridgehead atoms. The van der Waals surface area contributed by atoms with Crippen molar-refractivity contribution in [3.8, 4) is 0 Å². The summed E-state index contributed by atoms with van der Waals surface area (Å²) in [4.78, 5) is 0. The van der Waals surface area contributed by atoms with Gasteiger partial charge in [0, 0.05) is 0 Å². The van der Waals surface area contributed by atoms with Crippen molar-refractivity contribution >= 4 is 0 Å². The van der Waals surface area contributed by atoms with Crippen molar-refractivity contribution in [2.24, 2.45) is 0 Å². The van der Waals surface area contributed by atoms with Crippen molar-refractivity contribution in [1.29, 1.82) is 0 Å². The van der Waals surface area contributed by atoms with E-state index in [1.165, 1.54) is 0 Å². The van der Waals surface area contributed by atoms with E-state index in [4.69, 9.17) is 2.85 Å². The molecule has 0 unspecified atom stereocenters. The summed E-state index contributed by atoms with van der Waals surface area (Å²) < 4.78 is 4.71. The van der Waals surface area contributed by atoms with Crippen LogP contribution < -0.4 is 0 Å². The van der Waals surface area contributed by atoms with Gasteiger partial charge in [0.2, 0.25) is 0 Å². The summed E-state index contributed by atoms with van der Waals surface area (Å²) in [5.74, 6) is 0. The summed E-state index contributed by atoms with van der Waals surface area (Å²) >= 11 is 0.827. The second kappa shape index (κ2) is 4.57. The molecule has 0 atom stereocenters. The molecule has 0 saturated carbocycles. The molecule has 5 heavy (non-hydrogen) atoms. The predicted molar refractivity (Wildman–Crippen MR) is 16.1 cm³/mol. The minimum absolute atomic E-state index is 0.715. The maximum atomic E-state index is 4.71. The second-order valence-electron chi connectivity index (χ2n) is 0.600. The second-order valence-corrected chi connectivity index (χ2v) is 1.64. The molecule has 0 aliphatic carbocycles. The van der Waals surface area contributed by atoms with Gasteiger partial charge < -0.3 is 0 Å². The van der Waals surface area contributed by atoms with Crippen LogP contribution in [0.4, 0.5) is 0 Å². The Kier molecular flexibility index (Phi) is 5.09. The van der Waals surface area contributed by atoms with E-state index >= 15 is 0 Å². The van der Waals surface area contributed by atoms with Crippen molar-refractivity contribution in [1.82, 2.24) is 0 Å². The van der Waals surface area contributed by atoms with Crippen LogP contribution in [0.5, 0.6) is 0 Å². The zero-order chi connectivity index (χ0) is 4.12. The van der Waals surface area contributed by atoms with Crippen molar-refractivity contribution in [2.45, 2.75) is 0 Å². The third-order valence-corrected chi connectivity index (χ3v) is 0.800. The maximum absolute atomic E-state index is 4.71. The Labute approximate surface area is 47.2 Å². The van der Waals surface area contributed by atoms with Crippen LogP contribution in [-0.4, -0.2) is 6.61 Å². The Morgan fingerprint density at radius 1 is 2.00 bits per heavy atom. The minimum atomic E-state index is 0.715. The Morgan fingerprint density at radius 3 is 2.60 bits per heavy atom. The molecule has 0 rings (SSSR count). The molecule has 0 amide bonds. The molecular formula is C3H5HfO. The first kappa shape index (κ1) is 5.57. The predicted octanol–water partition coefficient (Wildman–Crippen LogP) is 0.651. The molecule has 0 aromatic rings. The van der Waals surface area contributed by atoms with E-state index in [-0.39, 0.29) is 0 Å². The first-order valence-electron chi connectivity index (χ1n) is 1.31. The van der Waals surface area contributed by atoms with Crippen molar-refractivity contribution in [2.75, 3.05) is 6.61 Å². The quantitative estimate of drug-likeness (QED) is 0.505. The monoisotopic (exact) mass is 237 g/mol. The molecule has 0 aromatic heterocycles. The van der Waals surface area contributed by atoms with Gasteiger partial charge in [-0.1, -0.05) is 0 Å². The zero-order valence-corrected chi connectivity index (χ0v) is 6.49. The van der Waals surface area contributed by atoms with Gasteiger partial charge in [-0.3, -0.25) is 0 Å². The van der Waals surface area contributed by atoms with Gasteiger partial charge in [-0.15, -0.1) is 0 Å². The van der Waals surface area contributed by atoms with Gasteiger partial charge in [0.1, 0.15) is 0 Å². The van der Waals surface area contributed by atoms with Crippen LogP contribution in [0.15, 0.2) is 12.7 Å². The normalized spacial score (nSPS) is 7.00. The fourth-order valence-corrected chi connectivity index (χ4v) is 0.482. The molecule has 0 N–H and O–H groups in total. The summed E-state index contributed by atoms with van der Waals surface area (Å²) in [6.45, 7) is 4.16. The van der Waals surface area contributed by atoms with Gasteiger partial charge in [-0.2, -0.15) is 0 Å². The van der Waals surface area contributed by atoms with E-state index in [1.54, 1.807) is 6.08 Å². The molecule has 2 heteroatoms. The van der Waals surface area contributed by atoms with E-state index in [9.17, 15) is 0 Å². The average molecular weight is 236 g/mol. The fraction of sp³-hybridized carbons (Fsp3) is 0.333. The van der Waals surface area contributed by atoms with Crippen LogP contribution in [0.25, 0.3) is 0 Å². The van der Waals surface area contributed by atoms with E-state index < -0.39 is 0 Å². The van der Waals surface area contributed by atoms with Crippen molar-refractivity contribution in [3.05, 3.63) is 12.7 Å². The van der Waals surface area contributed by atoms with E-state index in [0.717, 1.165) is 24.8 Å². The first-order chi connectivity index (χ1) is 2.41. The van der Waals surface area contributed by atoms with E-state index in [0.29, 0.717) is 6.61 Å². The standard InChI is InChI=1S/C3H5O.Hf/c1-2-3-4;/h2H,1,3H2;/q-1;+1. The van der Waals surface area contributed by atoms with Gasteiger partial charge in [-0.05, 0) is 0 Å². The molecule has 0 aliphatic heterocycles. The SMILES string of the molecule is C=CC[O][Hf]. The Balaban J connectivity index is 2.40. The molecule has 0 fully saturated rings. The van der Waals surface area contributed by atoms with Crippen LogP contribution in [0.1, 0.15) is 0 Å². The van der Waals surface area contributed by atoms with Crippen LogP contribution >= 0.6 is 0 Å². The van der Waals surface area contributed by atoms with Crippen LogP contribution in [0.2, 0.25) is 0 Å². The molecule has 0 aromatic carbocycles. The molecule has 0 heterocycles. The summed E-state index contributed by atoms with van der Waals surface area (Å²) in [6.07, 6.45) is 1.74. The Hall–Kier alpha value is 0.570. The number of rotatable bonds is 2. The van der Waals surface area contributed by atoms with Crippen LogP contribution in [-0.2, 0) is 27.7 Å². The van der Waals surface area contributed by atoms with Gasteiger partial charge in [-0.25, -0.2) is 0 Å². The van der Waals surface area contributed by atoms with Crippen LogP contribution in [0, 0.1) is 0 Å². The first-order valence-corrected chi connectivity index (χ1v) is 2.78. The summed E-state index contributed by atoms with van der Waals surface area (Å²) in [7, 11) is 0. The molecular weight excluding hydrogens is 231 g/mol. The summed E-state index contributed by atoms with van der Waals surface area (Å²) in [5.41, 5.74) is 0. The third-order valence-electron chi connectivity index (χ3n) is 0.201. The number of hydrogen-bond acceptors (Lipinski definition) is 1. The van der Waals surface area contributed by atoms with Gasteiger partial charge in [0.15, 0.2) is 0 Å². The zero-order valence-electron chi connectivity index (χ0n) is 2.90. The molecule has 27 valence electrons. The third kappa shape index (κ3) is 4.57. The molecule has 0 aliphatic rings. The summed E-state index contributed by atoms with van der Waals surface area (Å²) in [5, 5.41) is 0. The summed E-state index contributed by atoms with van der Waals surface area (Å²) in [6, 6.07) is 0. The Morgan fingerprint density at radius 2 is 2.60 bits per heavy atom. The van der Waals surface area contributed by atoms with Crippen molar-refractivity contribution < 1.29 is 27.7 Å². The molecule has 0 radical (unpaired) electrons. The average Bonchev–Trinajstić information content (AvgIpc) is 1.41. The fourth-order valence-electron chi connectivity index (χ4n) is 0.0589. The Bertz CT molecular complexity index is 28.1. The van der Waals surface area contributed by atoms with Gasteiger partial charge in [0.25, 0.3) is 0 Å².